The van der Waals surface area contributed by atoms with E-state index in [1.54, 1.807) is 12.4 Å². The van der Waals surface area contributed by atoms with Gasteiger partial charge in [0.2, 0.25) is 0 Å². The summed E-state index contributed by atoms with van der Waals surface area (Å²) in [5.41, 5.74) is 1.14. The number of aromatic nitrogens is 2. The summed E-state index contributed by atoms with van der Waals surface area (Å²) in [5, 5.41) is 0. The molecule has 1 aromatic heterocycles. The Labute approximate surface area is 96.8 Å². The van der Waals surface area contributed by atoms with Crippen LogP contribution in [-0.4, -0.2) is 9.97 Å². The Hall–Kier alpha value is -1.48. The molecule has 3 heteroatoms. The second-order valence-electron chi connectivity index (χ2n) is 3.00. The molecule has 0 atom stereocenters. The first-order valence-corrected chi connectivity index (χ1v) is 5.34. The van der Waals surface area contributed by atoms with E-state index >= 15 is 0 Å². The molecule has 2 rings (SSSR count). The largest absolute Gasteiger partial charge is 0.236 e. The zero-order chi connectivity index (χ0) is 10.5. The van der Waals surface area contributed by atoms with Gasteiger partial charge >= 0.3 is 0 Å². The minimum absolute atomic E-state index is 0.710. The topological polar surface area (TPSA) is 25.8 Å². The predicted octanol–water partition coefficient (Wildman–Crippen LogP) is 3.41. The van der Waals surface area contributed by atoms with Crippen LogP contribution >= 0.6 is 15.9 Å². The van der Waals surface area contributed by atoms with E-state index in [0.29, 0.717) is 5.82 Å². The molecule has 0 radical (unpaired) electrons. The van der Waals surface area contributed by atoms with E-state index in [-0.39, 0.29) is 0 Å². The van der Waals surface area contributed by atoms with Crippen molar-refractivity contribution in [1.82, 2.24) is 9.97 Å². The van der Waals surface area contributed by atoms with Crippen molar-refractivity contribution >= 4 is 28.1 Å². The van der Waals surface area contributed by atoms with E-state index in [9.17, 15) is 0 Å². The smallest absolute Gasteiger partial charge is 0.151 e. The van der Waals surface area contributed by atoms with Gasteiger partial charge in [-0.3, -0.25) is 0 Å². The number of hydrogen-bond donors (Lipinski definition) is 0. The van der Waals surface area contributed by atoms with E-state index in [2.05, 4.69) is 25.9 Å². The SMILES string of the molecule is Brc1cnc(C=Cc2ccccc2)nc1. The van der Waals surface area contributed by atoms with E-state index in [4.69, 9.17) is 0 Å². The van der Waals surface area contributed by atoms with Crippen LogP contribution in [-0.2, 0) is 0 Å². The monoisotopic (exact) mass is 260 g/mol. The van der Waals surface area contributed by atoms with Crippen LogP contribution in [0.5, 0.6) is 0 Å². The van der Waals surface area contributed by atoms with E-state index in [1.807, 2.05) is 42.5 Å². The van der Waals surface area contributed by atoms with Crippen molar-refractivity contribution in [3.8, 4) is 0 Å². The summed E-state index contributed by atoms with van der Waals surface area (Å²) in [6.07, 6.45) is 7.35. The lowest BCUT2D eigenvalue weighted by Crippen LogP contribution is -1.84. The van der Waals surface area contributed by atoms with Crippen LogP contribution in [0.25, 0.3) is 12.2 Å². The van der Waals surface area contributed by atoms with Crippen LogP contribution in [0, 0.1) is 0 Å². The highest BCUT2D eigenvalue weighted by Crippen LogP contribution is 2.07. The van der Waals surface area contributed by atoms with Crippen molar-refractivity contribution in [2.45, 2.75) is 0 Å². The normalized spacial score (nSPS) is 10.7. The molecule has 0 saturated heterocycles. The number of hydrogen-bond acceptors (Lipinski definition) is 2. The van der Waals surface area contributed by atoms with Gasteiger partial charge in [0, 0.05) is 12.4 Å². The van der Waals surface area contributed by atoms with Crippen molar-refractivity contribution in [2.24, 2.45) is 0 Å². The molecule has 0 amide bonds. The second kappa shape index (κ2) is 4.84. The van der Waals surface area contributed by atoms with Gasteiger partial charge in [0.25, 0.3) is 0 Å². The first kappa shape index (κ1) is 10.1. The van der Waals surface area contributed by atoms with E-state index < -0.39 is 0 Å². The maximum absolute atomic E-state index is 4.15. The Bertz CT molecular complexity index is 449. The molecule has 1 aromatic carbocycles. The summed E-state index contributed by atoms with van der Waals surface area (Å²) in [4.78, 5) is 8.30. The van der Waals surface area contributed by atoms with Crippen molar-refractivity contribution in [3.63, 3.8) is 0 Å². The zero-order valence-electron chi connectivity index (χ0n) is 7.97. The predicted molar refractivity (Wildman–Crippen MR) is 65.1 cm³/mol. The summed E-state index contributed by atoms with van der Waals surface area (Å²) in [7, 11) is 0. The molecule has 2 aromatic rings. The van der Waals surface area contributed by atoms with Gasteiger partial charge in [0.15, 0.2) is 5.82 Å². The Morgan fingerprint density at radius 1 is 0.933 bits per heavy atom. The van der Waals surface area contributed by atoms with Gasteiger partial charge in [0.1, 0.15) is 0 Å². The number of benzene rings is 1. The Morgan fingerprint density at radius 3 is 2.27 bits per heavy atom. The molecule has 0 unspecified atom stereocenters. The Kier molecular flexibility index (Phi) is 3.25. The highest BCUT2D eigenvalue weighted by molar-refractivity contribution is 9.10. The lowest BCUT2D eigenvalue weighted by Gasteiger charge is -1.93. The third kappa shape index (κ3) is 2.99. The molecule has 2 nitrogen and oxygen atoms in total. The van der Waals surface area contributed by atoms with Crippen LogP contribution < -0.4 is 0 Å². The third-order valence-electron chi connectivity index (χ3n) is 1.86. The van der Waals surface area contributed by atoms with Gasteiger partial charge in [-0.1, -0.05) is 36.4 Å². The second-order valence-corrected chi connectivity index (χ2v) is 3.92. The molecule has 15 heavy (non-hydrogen) atoms. The summed E-state index contributed by atoms with van der Waals surface area (Å²) >= 11 is 3.29. The van der Waals surface area contributed by atoms with Crippen LogP contribution in [0.15, 0.2) is 47.2 Å². The minimum Gasteiger partial charge on any atom is -0.236 e. The van der Waals surface area contributed by atoms with Crippen LogP contribution in [0.2, 0.25) is 0 Å². The summed E-state index contributed by atoms with van der Waals surface area (Å²) in [6.45, 7) is 0. The van der Waals surface area contributed by atoms with Gasteiger partial charge in [-0.25, -0.2) is 9.97 Å². The highest BCUT2D eigenvalue weighted by Gasteiger charge is 1.90. The molecule has 0 aliphatic rings. The fraction of sp³-hybridized carbons (Fsp3) is 0. The summed E-state index contributed by atoms with van der Waals surface area (Å²) < 4.78 is 0.888. The van der Waals surface area contributed by atoms with Gasteiger partial charge in [-0.05, 0) is 27.6 Å². The summed E-state index contributed by atoms with van der Waals surface area (Å²) in [5.74, 6) is 0.710. The highest BCUT2D eigenvalue weighted by atomic mass is 79.9. The van der Waals surface area contributed by atoms with Gasteiger partial charge < -0.3 is 0 Å². The standard InChI is InChI=1S/C12H9BrN2/c13-11-8-14-12(15-9-11)7-6-10-4-2-1-3-5-10/h1-9H. The molecule has 0 bridgehead atoms. The first-order chi connectivity index (χ1) is 7.34. The maximum Gasteiger partial charge on any atom is 0.151 e. The molecular formula is C12H9BrN2. The Balaban J connectivity index is 2.15. The molecule has 1 heterocycles. The lowest BCUT2D eigenvalue weighted by atomic mass is 10.2. The fourth-order valence-corrected chi connectivity index (χ4v) is 1.35. The summed E-state index contributed by atoms with van der Waals surface area (Å²) in [6, 6.07) is 10.1. The first-order valence-electron chi connectivity index (χ1n) is 4.55. The van der Waals surface area contributed by atoms with Crippen LogP contribution in [0.4, 0.5) is 0 Å². The fourth-order valence-electron chi connectivity index (χ4n) is 1.14. The van der Waals surface area contributed by atoms with E-state index in [1.165, 1.54) is 0 Å². The maximum atomic E-state index is 4.15. The van der Waals surface area contributed by atoms with Crippen molar-refractivity contribution in [2.75, 3.05) is 0 Å². The minimum atomic E-state index is 0.710. The molecule has 0 saturated carbocycles. The van der Waals surface area contributed by atoms with E-state index in [0.717, 1.165) is 10.0 Å². The molecule has 0 fully saturated rings. The Morgan fingerprint density at radius 2 is 1.60 bits per heavy atom. The molecule has 0 aliphatic heterocycles. The number of nitrogens with zero attached hydrogens (tertiary/aromatic N) is 2. The van der Waals surface area contributed by atoms with Crippen molar-refractivity contribution in [3.05, 3.63) is 58.6 Å². The van der Waals surface area contributed by atoms with Gasteiger partial charge in [0.05, 0.1) is 4.47 Å². The third-order valence-corrected chi connectivity index (χ3v) is 2.27. The van der Waals surface area contributed by atoms with Gasteiger partial charge in [-0.15, -0.1) is 0 Å². The van der Waals surface area contributed by atoms with Crippen LogP contribution in [0.3, 0.4) is 0 Å². The van der Waals surface area contributed by atoms with Gasteiger partial charge in [-0.2, -0.15) is 0 Å². The molecular weight excluding hydrogens is 252 g/mol. The number of halogens is 1. The quantitative estimate of drug-likeness (QED) is 0.827. The van der Waals surface area contributed by atoms with Crippen molar-refractivity contribution in [1.29, 1.82) is 0 Å². The molecule has 0 spiro atoms. The average molecular weight is 261 g/mol. The molecule has 0 N–H and O–H groups in total. The number of rotatable bonds is 2. The average Bonchev–Trinajstić information content (AvgIpc) is 2.30. The van der Waals surface area contributed by atoms with Crippen LogP contribution in [0.1, 0.15) is 11.4 Å². The zero-order valence-corrected chi connectivity index (χ0v) is 9.55. The molecule has 74 valence electrons. The van der Waals surface area contributed by atoms with Crippen molar-refractivity contribution < 1.29 is 0 Å². The molecule has 0 aliphatic carbocycles. The lowest BCUT2D eigenvalue weighted by molar-refractivity contribution is 1.12.